The summed E-state index contributed by atoms with van der Waals surface area (Å²) in [7, 11) is 1.65. The number of nitrogens with one attached hydrogen (secondary N) is 2. The first kappa shape index (κ1) is 25.3. The number of Topliss-reactive ketones (excluding diaryl/α,β-unsaturated/α-hetero) is 2. The molecule has 1 heterocycles. The van der Waals surface area contributed by atoms with Gasteiger partial charge in [-0.3, -0.25) is 14.9 Å². The van der Waals surface area contributed by atoms with Crippen LogP contribution in [0.1, 0.15) is 60.8 Å². The van der Waals surface area contributed by atoms with Gasteiger partial charge in [0.05, 0.1) is 17.6 Å². The van der Waals surface area contributed by atoms with Crippen LogP contribution in [0.3, 0.4) is 0 Å². The molecular formula is C22H39N3O4. The fraction of sp³-hybridized carbons (Fsp3) is 0.773. The molecule has 2 atom stereocenters. The average Bonchev–Trinajstić information content (AvgIpc) is 2.64. The lowest BCUT2D eigenvalue weighted by atomic mass is 9.84. The zero-order valence-electron chi connectivity index (χ0n) is 19.1. The molecule has 1 amide bonds. The van der Waals surface area contributed by atoms with E-state index in [0.717, 1.165) is 0 Å². The summed E-state index contributed by atoms with van der Waals surface area (Å²) < 4.78 is 5.26. The summed E-state index contributed by atoms with van der Waals surface area (Å²) in [5.74, 6) is -0.138. The SMILES string of the molecule is CC(C)N[C@]1(C)CCC=CCOC(=O)N(C)CC[C@@](C)(C(=O)C(C)C)NCC1=O. The average molecular weight is 410 g/mol. The number of rotatable bonds is 4. The second-order valence-corrected chi connectivity index (χ2v) is 9.02. The Kier molecular flexibility index (Phi) is 9.49. The summed E-state index contributed by atoms with van der Waals surface area (Å²) in [6.07, 6.45) is 5.00. The van der Waals surface area contributed by atoms with E-state index in [-0.39, 0.29) is 36.7 Å². The molecule has 0 spiro atoms. The smallest absolute Gasteiger partial charge is 0.409 e. The van der Waals surface area contributed by atoms with Crippen molar-refractivity contribution in [3.05, 3.63) is 12.2 Å². The molecule has 2 N–H and O–H groups in total. The quantitative estimate of drug-likeness (QED) is 0.694. The van der Waals surface area contributed by atoms with E-state index in [1.807, 2.05) is 47.6 Å². The van der Waals surface area contributed by atoms with Gasteiger partial charge < -0.3 is 15.0 Å². The van der Waals surface area contributed by atoms with Crippen molar-refractivity contribution in [2.75, 3.05) is 26.7 Å². The molecule has 0 aliphatic carbocycles. The Balaban J connectivity index is 3.14. The predicted octanol–water partition coefficient (Wildman–Crippen LogP) is 2.69. The van der Waals surface area contributed by atoms with Crippen molar-refractivity contribution in [2.45, 2.75) is 77.9 Å². The maximum absolute atomic E-state index is 13.2. The van der Waals surface area contributed by atoms with Crippen molar-refractivity contribution < 1.29 is 19.1 Å². The summed E-state index contributed by atoms with van der Waals surface area (Å²) in [5, 5.41) is 6.62. The molecular weight excluding hydrogens is 370 g/mol. The van der Waals surface area contributed by atoms with Crippen LogP contribution in [0, 0.1) is 5.92 Å². The lowest BCUT2D eigenvalue weighted by molar-refractivity contribution is -0.129. The van der Waals surface area contributed by atoms with Crippen molar-refractivity contribution in [2.24, 2.45) is 5.92 Å². The molecule has 0 aromatic rings. The third-order valence-corrected chi connectivity index (χ3v) is 5.47. The monoisotopic (exact) mass is 409 g/mol. The van der Waals surface area contributed by atoms with E-state index in [0.29, 0.717) is 25.8 Å². The number of carbonyl (C=O) groups excluding carboxylic acids is 3. The van der Waals surface area contributed by atoms with E-state index in [9.17, 15) is 14.4 Å². The summed E-state index contributed by atoms with van der Waals surface area (Å²) in [6, 6.07) is 0.147. The molecule has 1 aliphatic heterocycles. The summed E-state index contributed by atoms with van der Waals surface area (Å²) >= 11 is 0. The molecule has 1 aliphatic rings. The molecule has 0 radical (unpaired) electrons. The lowest BCUT2D eigenvalue weighted by Crippen LogP contribution is -2.59. The van der Waals surface area contributed by atoms with Gasteiger partial charge in [0, 0.05) is 25.6 Å². The van der Waals surface area contributed by atoms with Gasteiger partial charge in [0.2, 0.25) is 0 Å². The number of carbonyl (C=O) groups is 3. The molecule has 1 rings (SSSR count). The summed E-state index contributed by atoms with van der Waals surface area (Å²) in [6.45, 7) is 12.1. The van der Waals surface area contributed by atoms with Crippen molar-refractivity contribution >= 4 is 17.7 Å². The highest BCUT2D eigenvalue weighted by Crippen LogP contribution is 2.20. The van der Waals surface area contributed by atoms with E-state index in [4.69, 9.17) is 4.74 Å². The predicted molar refractivity (Wildman–Crippen MR) is 115 cm³/mol. The number of allylic oxidation sites excluding steroid dienone is 1. The van der Waals surface area contributed by atoms with Gasteiger partial charge in [-0.2, -0.15) is 0 Å². The van der Waals surface area contributed by atoms with Gasteiger partial charge >= 0.3 is 6.09 Å². The van der Waals surface area contributed by atoms with E-state index < -0.39 is 17.2 Å². The third-order valence-electron chi connectivity index (χ3n) is 5.47. The fourth-order valence-corrected chi connectivity index (χ4v) is 3.61. The van der Waals surface area contributed by atoms with Crippen molar-refractivity contribution in [3.63, 3.8) is 0 Å². The van der Waals surface area contributed by atoms with Crippen LogP contribution in [-0.2, 0) is 14.3 Å². The van der Waals surface area contributed by atoms with Gasteiger partial charge in [0.15, 0.2) is 11.6 Å². The summed E-state index contributed by atoms with van der Waals surface area (Å²) in [5.41, 5.74) is -1.61. The van der Waals surface area contributed by atoms with E-state index in [2.05, 4.69) is 10.6 Å². The molecule has 166 valence electrons. The molecule has 0 saturated carbocycles. The minimum Gasteiger partial charge on any atom is -0.445 e. The number of cyclic esters (lactones) is 1. The Hall–Kier alpha value is -1.73. The molecule has 0 unspecified atom stereocenters. The number of amides is 1. The molecule has 7 nitrogen and oxygen atoms in total. The first-order valence-corrected chi connectivity index (χ1v) is 10.5. The maximum atomic E-state index is 13.2. The van der Waals surface area contributed by atoms with Gasteiger partial charge in [-0.05, 0) is 47.0 Å². The molecule has 0 aromatic heterocycles. The second-order valence-electron chi connectivity index (χ2n) is 9.02. The van der Waals surface area contributed by atoms with E-state index in [1.54, 1.807) is 13.1 Å². The van der Waals surface area contributed by atoms with Crippen LogP contribution in [0.2, 0.25) is 0 Å². The Bertz CT molecular complexity index is 617. The van der Waals surface area contributed by atoms with Crippen LogP contribution in [0.5, 0.6) is 0 Å². The zero-order chi connectivity index (χ0) is 22.2. The van der Waals surface area contributed by atoms with Crippen LogP contribution < -0.4 is 10.6 Å². The normalized spacial score (nSPS) is 28.2. The molecule has 0 bridgehead atoms. The second kappa shape index (κ2) is 10.9. The highest BCUT2D eigenvalue weighted by molar-refractivity contribution is 5.93. The van der Waals surface area contributed by atoms with Crippen molar-refractivity contribution in [1.29, 1.82) is 0 Å². The third kappa shape index (κ3) is 7.55. The standard InChI is InChI=1S/C22H39N3O4/c1-16(2)19(27)22(6)12-13-25(7)20(28)29-14-10-8-9-11-21(5,24-17(3)4)18(26)15-23-22/h8,10,16-17,23-24H,9,11-15H2,1-7H3/t21-,22+/m1/s1. The Morgan fingerprint density at radius 1 is 1.17 bits per heavy atom. The van der Waals surface area contributed by atoms with Gasteiger partial charge in [-0.1, -0.05) is 26.0 Å². The van der Waals surface area contributed by atoms with Crippen LogP contribution >= 0.6 is 0 Å². The highest BCUT2D eigenvalue weighted by Gasteiger charge is 2.38. The van der Waals surface area contributed by atoms with Crippen molar-refractivity contribution in [1.82, 2.24) is 15.5 Å². The van der Waals surface area contributed by atoms with Gasteiger partial charge in [0.1, 0.15) is 6.61 Å². The molecule has 0 aromatic carbocycles. The first-order chi connectivity index (χ1) is 13.4. The first-order valence-electron chi connectivity index (χ1n) is 10.5. The zero-order valence-corrected chi connectivity index (χ0v) is 19.1. The minimum absolute atomic E-state index is 0.0246. The van der Waals surface area contributed by atoms with Crippen molar-refractivity contribution in [3.8, 4) is 0 Å². The number of hydrogen-bond donors (Lipinski definition) is 2. The Labute approximate surface area is 175 Å². The highest BCUT2D eigenvalue weighted by atomic mass is 16.6. The number of hydrogen-bond acceptors (Lipinski definition) is 6. The number of ether oxygens (including phenoxy) is 1. The topological polar surface area (TPSA) is 87.7 Å². The molecule has 7 heteroatoms. The van der Waals surface area contributed by atoms with Crippen LogP contribution in [0.25, 0.3) is 0 Å². The van der Waals surface area contributed by atoms with E-state index >= 15 is 0 Å². The molecule has 29 heavy (non-hydrogen) atoms. The van der Waals surface area contributed by atoms with Gasteiger partial charge in [0.25, 0.3) is 0 Å². The van der Waals surface area contributed by atoms with Crippen LogP contribution in [0.4, 0.5) is 4.79 Å². The fourth-order valence-electron chi connectivity index (χ4n) is 3.61. The van der Waals surface area contributed by atoms with Gasteiger partial charge in [-0.15, -0.1) is 0 Å². The van der Waals surface area contributed by atoms with E-state index in [1.165, 1.54) is 4.90 Å². The molecule has 0 fully saturated rings. The van der Waals surface area contributed by atoms with Crippen LogP contribution in [0.15, 0.2) is 12.2 Å². The number of ketones is 2. The molecule has 0 saturated heterocycles. The minimum atomic E-state index is -0.907. The largest absolute Gasteiger partial charge is 0.445 e. The Morgan fingerprint density at radius 2 is 1.83 bits per heavy atom. The maximum Gasteiger partial charge on any atom is 0.409 e. The van der Waals surface area contributed by atoms with Crippen LogP contribution in [-0.4, -0.2) is 66.4 Å². The summed E-state index contributed by atoms with van der Waals surface area (Å²) in [4.78, 5) is 39.7. The Morgan fingerprint density at radius 3 is 2.41 bits per heavy atom. The lowest BCUT2D eigenvalue weighted by Gasteiger charge is -2.36. The number of nitrogens with zero attached hydrogens (tertiary/aromatic N) is 1. The van der Waals surface area contributed by atoms with Gasteiger partial charge in [-0.25, -0.2) is 4.79 Å².